The smallest absolute Gasteiger partial charge is 0.260 e. The fourth-order valence-corrected chi connectivity index (χ4v) is 6.18. The molecule has 0 atom stereocenters. The van der Waals surface area contributed by atoms with E-state index in [9.17, 15) is 0 Å². The van der Waals surface area contributed by atoms with E-state index < -0.39 is 0 Å². The lowest BCUT2D eigenvalue weighted by Crippen LogP contribution is -2.57. The Balaban J connectivity index is 1.42. The summed E-state index contributed by atoms with van der Waals surface area (Å²) in [5.41, 5.74) is 9.34. The zero-order valence-electron chi connectivity index (χ0n) is 25.2. The van der Waals surface area contributed by atoms with E-state index in [2.05, 4.69) is 144 Å². The SMILES string of the molecule is CC(C)(C)c1ccc(N(c2ccc(C(C)(C)C)cc2)c2cc3c4c(c2)Oc2ccccc2B4c2ccccc2O3)cc1. The number of nitrogens with zero attached hydrogens (tertiary/aromatic N) is 1. The van der Waals surface area contributed by atoms with Crippen LogP contribution in [-0.4, -0.2) is 6.71 Å². The number of hydrogen-bond acceptors (Lipinski definition) is 3. The first-order valence-corrected chi connectivity index (χ1v) is 14.8. The molecule has 208 valence electrons. The summed E-state index contributed by atoms with van der Waals surface area (Å²) in [6.45, 7) is 13.6. The third-order valence-electron chi connectivity index (χ3n) is 8.52. The molecule has 0 aromatic heterocycles. The van der Waals surface area contributed by atoms with Gasteiger partial charge in [0.05, 0.1) is 5.69 Å². The van der Waals surface area contributed by atoms with Crippen molar-refractivity contribution in [3.05, 3.63) is 120 Å². The van der Waals surface area contributed by atoms with Crippen molar-refractivity contribution in [2.24, 2.45) is 0 Å². The van der Waals surface area contributed by atoms with E-state index in [-0.39, 0.29) is 17.5 Å². The van der Waals surface area contributed by atoms with E-state index in [0.29, 0.717) is 0 Å². The van der Waals surface area contributed by atoms with Gasteiger partial charge >= 0.3 is 0 Å². The first-order valence-electron chi connectivity index (χ1n) is 14.8. The lowest BCUT2D eigenvalue weighted by molar-refractivity contribution is 0.465. The van der Waals surface area contributed by atoms with E-state index in [1.54, 1.807) is 0 Å². The molecule has 0 fully saturated rings. The van der Waals surface area contributed by atoms with Crippen molar-refractivity contribution in [2.75, 3.05) is 4.90 Å². The zero-order valence-corrected chi connectivity index (χ0v) is 25.2. The highest BCUT2D eigenvalue weighted by atomic mass is 16.5. The van der Waals surface area contributed by atoms with Crippen LogP contribution in [0.1, 0.15) is 52.7 Å². The standard InChI is InChI=1S/C38H36BNO2/c1-37(2,3)25-15-19-27(20-16-25)40(28-21-17-26(18-22-28)38(4,5)6)29-23-34-36-35(24-29)42-33-14-10-8-12-31(33)39(36)30-11-7-9-13-32(30)41-34/h7-24H,1-6H3. The number of para-hydroxylation sites is 2. The second-order valence-electron chi connectivity index (χ2n) is 13.5. The number of fused-ring (bicyclic) bond motifs is 4. The molecule has 0 unspecified atom stereocenters. The molecule has 2 aliphatic rings. The van der Waals surface area contributed by atoms with Gasteiger partial charge in [0.25, 0.3) is 6.71 Å². The molecular weight excluding hydrogens is 513 g/mol. The van der Waals surface area contributed by atoms with Gasteiger partial charge in [-0.3, -0.25) is 0 Å². The normalized spacial score (nSPS) is 13.3. The summed E-state index contributed by atoms with van der Waals surface area (Å²) in [7, 11) is 0. The average Bonchev–Trinajstić information content (AvgIpc) is 2.96. The van der Waals surface area contributed by atoms with Crippen LogP contribution in [0.5, 0.6) is 23.0 Å². The topological polar surface area (TPSA) is 21.7 Å². The van der Waals surface area contributed by atoms with Gasteiger partial charge in [0.2, 0.25) is 0 Å². The molecule has 0 bridgehead atoms. The summed E-state index contributed by atoms with van der Waals surface area (Å²) in [6, 6.07) is 38.9. The lowest BCUT2D eigenvalue weighted by Gasteiger charge is -2.35. The maximum atomic E-state index is 6.62. The van der Waals surface area contributed by atoms with Gasteiger partial charge < -0.3 is 14.4 Å². The summed E-state index contributed by atoms with van der Waals surface area (Å²) in [4.78, 5) is 2.30. The second-order valence-corrected chi connectivity index (χ2v) is 13.5. The van der Waals surface area contributed by atoms with Gasteiger partial charge in [0, 0.05) is 29.0 Å². The molecule has 7 rings (SSSR count). The van der Waals surface area contributed by atoms with Crippen LogP contribution < -0.4 is 30.8 Å². The quantitative estimate of drug-likeness (QED) is 0.206. The minimum atomic E-state index is 0.0598. The van der Waals surface area contributed by atoms with Crippen LogP contribution in [-0.2, 0) is 10.8 Å². The Bertz CT molecular complexity index is 1670. The van der Waals surface area contributed by atoms with Gasteiger partial charge in [-0.05, 0) is 69.3 Å². The Kier molecular flexibility index (Phi) is 6.02. The minimum absolute atomic E-state index is 0.0598. The molecule has 0 saturated heterocycles. The third-order valence-corrected chi connectivity index (χ3v) is 8.52. The number of benzene rings is 5. The van der Waals surface area contributed by atoms with Gasteiger partial charge in [-0.2, -0.15) is 0 Å². The van der Waals surface area contributed by atoms with Gasteiger partial charge in [0.15, 0.2) is 0 Å². The number of hydrogen-bond donors (Lipinski definition) is 0. The van der Waals surface area contributed by atoms with Crippen molar-refractivity contribution in [3.8, 4) is 23.0 Å². The molecule has 4 heteroatoms. The van der Waals surface area contributed by atoms with Crippen molar-refractivity contribution in [1.82, 2.24) is 0 Å². The Morgan fingerprint density at radius 3 is 1.29 bits per heavy atom. The van der Waals surface area contributed by atoms with Crippen LogP contribution in [0.2, 0.25) is 0 Å². The van der Waals surface area contributed by atoms with Crippen molar-refractivity contribution < 1.29 is 9.47 Å². The molecule has 0 radical (unpaired) electrons. The first-order chi connectivity index (χ1) is 20.1. The molecule has 0 amide bonds. The zero-order chi connectivity index (χ0) is 29.2. The Labute approximate surface area is 249 Å². The van der Waals surface area contributed by atoms with Crippen LogP contribution in [0.4, 0.5) is 17.1 Å². The number of anilines is 3. The highest BCUT2D eigenvalue weighted by Crippen LogP contribution is 2.43. The fraction of sp³-hybridized carbons (Fsp3) is 0.211. The van der Waals surface area contributed by atoms with Crippen molar-refractivity contribution in [1.29, 1.82) is 0 Å². The maximum Gasteiger partial charge on any atom is 0.260 e. The Morgan fingerprint density at radius 2 is 0.881 bits per heavy atom. The van der Waals surface area contributed by atoms with Crippen LogP contribution in [0, 0.1) is 0 Å². The fourth-order valence-electron chi connectivity index (χ4n) is 6.18. The third kappa shape index (κ3) is 4.46. The van der Waals surface area contributed by atoms with Crippen molar-refractivity contribution in [3.63, 3.8) is 0 Å². The predicted octanol–water partition coefficient (Wildman–Crippen LogP) is 8.48. The summed E-state index contributed by atoms with van der Waals surface area (Å²) in [5.74, 6) is 3.46. The van der Waals surface area contributed by atoms with Crippen LogP contribution >= 0.6 is 0 Å². The van der Waals surface area contributed by atoms with Gasteiger partial charge in [0.1, 0.15) is 23.0 Å². The van der Waals surface area contributed by atoms with E-state index in [0.717, 1.165) is 45.5 Å². The molecule has 0 N–H and O–H groups in total. The van der Waals surface area contributed by atoms with E-state index in [1.807, 2.05) is 12.1 Å². The maximum absolute atomic E-state index is 6.62. The molecule has 42 heavy (non-hydrogen) atoms. The summed E-state index contributed by atoms with van der Waals surface area (Å²) in [5, 5.41) is 0. The van der Waals surface area contributed by atoms with Crippen LogP contribution in [0.3, 0.4) is 0 Å². The molecule has 5 aromatic carbocycles. The van der Waals surface area contributed by atoms with Gasteiger partial charge in [-0.25, -0.2) is 0 Å². The second kappa shape index (κ2) is 9.56. The molecule has 2 heterocycles. The minimum Gasteiger partial charge on any atom is -0.458 e. The van der Waals surface area contributed by atoms with Crippen LogP contribution in [0.15, 0.2) is 109 Å². The number of ether oxygens (including phenoxy) is 2. The van der Waals surface area contributed by atoms with Crippen molar-refractivity contribution >= 4 is 40.2 Å². The predicted molar refractivity (Wildman–Crippen MR) is 176 cm³/mol. The average molecular weight is 550 g/mol. The molecule has 0 spiro atoms. The van der Waals surface area contributed by atoms with E-state index >= 15 is 0 Å². The summed E-state index contributed by atoms with van der Waals surface area (Å²) < 4.78 is 13.2. The highest BCUT2D eigenvalue weighted by molar-refractivity contribution is 6.98. The van der Waals surface area contributed by atoms with Gasteiger partial charge in [-0.15, -0.1) is 0 Å². The van der Waals surface area contributed by atoms with Gasteiger partial charge in [-0.1, -0.05) is 102 Å². The first kappa shape index (κ1) is 26.5. The molecular formula is C38H36BNO2. The van der Waals surface area contributed by atoms with Crippen LogP contribution in [0.25, 0.3) is 0 Å². The monoisotopic (exact) mass is 549 g/mol. The summed E-state index contributed by atoms with van der Waals surface area (Å²) in [6.07, 6.45) is 0. The largest absolute Gasteiger partial charge is 0.458 e. The molecule has 0 aliphatic carbocycles. The summed E-state index contributed by atoms with van der Waals surface area (Å²) >= 11 is 0. The lowest BCUT2D eigenvalue weighted by atomic mass is 9.35. The molecule has 3 nitrogen and oxygen atoms in total. The molecule has 2 aliphatic heterocycles. The van der Waals surface area contributed by atoms with Crippen molar-refractivity contribution in [2.45, 2.75) is 52.4 Å². The van der Waals surface area contributed by atoms with E-state index in [4.69, 9.17) is 9.47 Å². The Hall–Kier alpha value is -4.44. The number of rotatable bonds is 3. The highest BCUT2D eigenvalue weighted by Gasteiger charge is 2.40. The van der Waals surface area contributed by atoms with E-state index in [1.165, 1.54) is 22.1 Å². The Morgan fingerprint density at radius 1 is 0.476 bits per heavy atom. The molecule has 0 saturated carbocycles. The molecule has 5 aromatic rings.